The highest BCUT2D eigenvalue weighted by Crippen LogP contribution is 2.49. The number of ether oxygens (including phenoxy) is 1. The summed E-state index contributed by atoms with van der Waals surface area (Å²) in [5, 5.41) is 0. The Hall–Kier alpha value is -1.72. The van der Waals surface area contributed by atoms with Gasteiger partial charge in [0.25, 0.3) is 0 Å². The highest BCUT2D eigenvalue weighted by atomic mass is 16.5. The van der Waals surface area contributed by atoms with Crippen LogP contribution < -0.4 is 0 Å². The highest BCUT2D eigenvalue weighted by molar-refractivity contribution is 6.02. The van der Waals surface area contributed by atoms with Gasteiger partial charge >= 0.3 is 0 Å². The van der Waals surface area contributed by atoms with Crippen LogP contribution in [-0.2, 0) is 26.5 Å². The monoisotopic (exact) mass is 396 g/mol. The molecular weight excluding hydrogens is 364 g/mol. The molecule has 2 aliphatic heterocycles. The molecule has 0 aromatic heterocycles. The van der Waals surface area contributed by atoms with Crippen LogP contribution in [0.3, 0.4) is 0 Å². The predicted molar refractivity (Wildman–Crippen MR) is 111 cm³/mol. The van der Waals surface area contributed by atoms with Crippen LogP contribution in [0.2, 0.25) is 0 Å². The van der Waals surface area contributed by atoms with Crippen molar-refractivity contribution in [1.82, 2.24) is 9.80 Å². The number of benzene rings is 1. The van der Waals surface area contributed by atoms with Gasteiger partial charge in [-0.2, -0.15) is 0 Å². The summed E-state index contributed by atoms with van der Waals surface area (Å²) in [7, 11) is 1.84. The number of rotatable bonds is 5. The Balaban J connectivity index is 1.23. The molecule has 3 fully saturated rings. The Morgan fingerprint density at radius 3 is 2.76 bits per heavy atom. The van der Waals surface area contributed by atoms with Gasteiger partial charge in [-0.3, -0.25) is 9.59 Å². The molecule has 4 aliphatic rings. The Bertz CT molecular complexity index is 812. The molecule has 1 amide bonds. The lowest BCUT2D eigenvalue weighted by Gasteiger charge is -2.37. The van der Waals surface area contributed by atoms with Gasteiger partial charge in [-0.05, 0) is 74.2 Å². The van der Waals surface area contributed by atoms with E-state index in [1.807, 2.05) is 7.05 Å². The van der Waals surface area contributed by atoms with Crippen molar-refractivity contribution in [1.29, 1.82) is 0 Å². The van der Waals surface area contributed by atoms with Gasteiger partial charge in [0.15, 0.2) is 0 Å². The highest BCUT2D eigenvalue weighted by Gasteiger charge is 2.48. The fraction of sp³-hybridized carbons (Fsp3) is 0.667. The quantitative estimate of drug-likeness (QED) is 0.717. The molecule has 1 saturated heterocycles. The molecule has 2 aliphatic carbocycles. The molecule has 0 N–H and O–H groups in total. The van der Waals surface area contributed by atoms with Crippen LogP contribution in [0.4, 0.5) is 0 Å². The maximum Gasteiger partial charge on any atom is 0.232 e. The van der Waals surface area contributed by atoms with Gasteiger partial charge in [-0.15, -0.1) is 0 Å². The number of likely N-dealkylation sites (N-methyl/N-ethyl adjacent to an activating group) is 1. The first-order valence-corrected chi connectivity index (χ1v) is 11.3. The van der Waals surface area contributed by atoms with Crippen molar-refractivity contribution in [3.63, 3.8) is 0 Å². The van der Waals surface area contributed by atoms with Gasteiger partial charge < -0.3 is 14.5 Å². The van der Waals surface area contributed by atoms with E-state index in [2.05, 4.69) is 23.1 Å². The van der Waals surface area contributed by atoms with E-state index in [-0.39, 0.29) is 11.7 Å². The second-order valence-corrected chi connectivity index (χ2v) is 9.52. The minimum absolute atomic E-state index is 0.00801. The van der Waals surface area contributed by atoms with Crippen LogP contribution >= 0.6 is 0 Å². The fourth-order valence-electron chi connectivity index (χ4n) is 5.46. The number of hydrogen-bond acceptors (Lipinski definition) is 4. The van der Waals surface area contributed by atoms with Gasteiger partial charge in [0, 0.05) is 26.6 Å². The Kier molecular flexibility index (Phi) is 4.99. The zero-order chi connectivity index (χ0) is 20.0. The van der Waals surface area contributed by atoms with Gasteiger partial charge in [0.1, 0.15) is 11.4 Å². The molecule has 1 aromatic carbocycles. The summed E-state index contributed by atoms with van der Waals surface area (Å²) in [5.41, 5.74) is 3.34. The van der Waals surface area contributed by atoms with E-state index >= 15 is 0 Å². The minimum atomic E-state index is -0.501. The van der Waals surface area contributed by atoms with Crippen molar-refractivity contribution in [3.8, 4) is 0 Å². The van der Waals surface area contributed by atoms with Crippen LogP contribution in [0.5, 0.6) is 0 Å². The third-order valence-corrected chi connectivity index (χ3v) is 7.48. The number of Topliss-reactive ketones (excluding diaryl/α,β-unsaturated/α-hetero) is 1. The summed E-state index contributed by atoms with van der Waals surface area (Å²) in [6.45, 7) is 4.47. The normalized spacial score (nSPS) is 29.4. The summed E-state index contributed by atoms with van der Waals surface area (Å²) in [5.74, 6) is 0.269. The van der Waals surface area contributed by atoms with E-state index in [4.69, 9.17) is 4.74 Å². The summed E-state index contributed by atoms with van der Waals surface area (Å²) in [6.07, 6.45) is 6.77. The number of ketones is 1. The molecule has 29 heavy (non-hydrogen) atoms. The third-order valence-electron chi connectivity index (χ3n) is 7.48. The standard InChI is InChI=1S/C24H32N2O3/c1-25(12-13-26-10-2-3-11-26)23(28)20-8-9-24(15-22(20)27)21-7-6-18(17-4-5-17)14-19(21)16-29-24/h6-7,14,17,20H,2-5,8-13,15-16H2,1H3/t20-,24-/m1/s1. The first kappa shape index (κ1) is 19.3. The molecule has 2 heterocycles. The number of amides is 1. The predicted octanol–water partition coefficient (Wildman–Crippen LogP) is 3.21. The fourth-order valence-corrected chi connectivity index (χ4v) is 5.46. The second kappa shape index (κ2) is 7.51. The Morgan fingerprint density at radius 2 is 2.03 bits per heavy atom. The maximum absolute atomic E-state index is 13.0. The van der Waals surface area contributed by atoms with Gasteiger partial charge in [-0.1, -0.05) is 18.2 Å². The first-order chi connectivity index (χ1) is 14.1. The molecule has 2 atom stereocenters. The summed E-state index contributed by atoms with van der Waals surface area (Å²) in [4.78, 5) is 30.1. The van der Waals surface area contributed by atoms with Gasteiger partial charge in [0.2, 0.25) is 5.91 Å². The lowest BCUT2D eigenvalue weighted by molar-refractivity contribution is -0.150. The molecule has 1 spiro atoms. The van der Waals surface area contributed by atoms with Crippen molar-refractivity contribution in [2.45, 2.75) is 63.1 Å². The Labute approximate surface area is 173 Å². The van der Waals surface area contributed by atoms with Gasteiger partial charge in [-0.25, -0.2) is 0 Å². The summed E-state index contributed by atoms with van der Waals surface area (Å²) >= 11 is 0. The topological polar surface area (TPSA) is 49.9 Å². The summed E-state index contributed by atoms with van der Waals surface area (Å²) < 4.78 is 6.23. The SMILES string of the molecule is CN(CCN1CCCC1)C(=O)[C@@H]1CC[C@]2(CC1=O)OCc1cc(C3CC3)ccc12. The van der Waals surface area contributed by atoms with Crippen LogP contribution in [-0.4, -0.2) is 54.7 Å². The van der Waals surface area contributed by atoms with Crippen molar-refractivity contribution >= 4 is 11.7 Å². The van der Waals surface area contributed by atoms with Crippen LogP contribution in [0.25, 0.3) is 0 Å². The van der Waals surface area contributed by atoms with Crippen molar-refractivity contribution < 1.29 is 14.3 Å². The zero-order valence-corrected chi connectivity index (χ0v) is 17.5. The van der Waals surface area contributed by atoms with Crippen molar-refractivity contribution in [2.75, 3.05) is 33.2 Å². The molecule has 0 bridgehead atoms. The van der Waals surface area contributed by atoms with Crippen LogP contribution in [0.1, 0.15) is 67.6 Å². The largest absolute Gasteiger partial charge is 0.365 e. The molecule has 5 nitrogen and oxygen atoms in total. The molecule has 0 unspecified atom stereocenters. The smallest absolute Gasteiger partial charge is 0.232 e. The van der Waals surface area contributed by atoms with Crippen LogP contribution in [0, 0.1) is 5.92 Å². The van der Waals surface area contributed by atoms with E-state index in [1.165, 1.54) is 42.4 Å². The second-order valence-electron chi connectivity index (χ2n) is 9.52. The average Bonchev–Trinajstić information content (AvgIpc) is 3.35. The molecule has 2 saturated carbocycles. The number of fused-ring (bicyclic) bond motifs is 2. The molecule has 156 valence electrons. The molecule has 5 rings (SSSR count). The number of carbonyl (C=O) groups excluding carboxylic acids is 2. The van der Waals surface area contributed by atoms with E-state index < -0.39 is 11.5 Å². The molecule has 0 radical (unpaired) electrons. The first-order valence-electron chi connectivity index (χ1n) is 11.3. The third kappa shape index (κ3) is 3.64. The molecule has 5 heteroatoms. The maximum atomic E-state index is 13.0. The number of hydrogen-bond donors (Lipinski definition) is 0. The lowest BCUT2D eigenvalue weighted by atomic mass is 9.73. The van der Waals surface area contributed by atoms with Crippen molar-refractivity contribution in [3.05, 3.63) is 34.9 Å². The van der Waals surface area contributed by atoms with E-state index in [9.17, 15) is 9.59 Å². The number of carbonyl (C=O) groups is 2. The average molecular weight is 397 g/mol. The Morgan fingerprint density at radius 1 is 1.24 bits per heavy atom. The van der Waals surface area contributed by atoms with E-state index in [1.54, 1.807) is 4.90 Å². The number of likely N-dealkylation sites (tertiary alicyclic amines) is 1. The lowest BCUT2D eigenvalue weighted by Crippen LogP contribution is -2.46. The summed E-state index contributed by atoms with van der Waals surface area (Å²) in [6, 6.07) is 6.70. The van der Waals surface area contributed by atoms with E-state index in [0.29, 0.717) is 26.0 Å². The molecular formula is C24H32N2O3. The number of nitrogens with zero attached hydrogens (tertiary/aromatic N) is 2. The van der Waals surface area contributed by atoms with Crippen LogP contribution in [0.15, 0.2) is 18.2 Å². The minimum Gasteiger partial charge on any atom is -0.365 e. The van der Waals surface area contributed by atoms with Gasteiger partial charge in [0.05, 0.1) is 12.5 Å². The van der Waals surface area contributed by atoms with E-state index in [0.717, 1.165) is 32.0 Å². The van der Waals surface area contributed by atoms with Crippen molar-refractivity contribution in [2.24, 2.45) is 5.92 Å². The zero-order valence-electron chi connectivity index (χ0n) is 17.5. The molecule has 1 aromatic rings.